The zero-order valence-corrected chi connectivity index (χ0v) is 15.8. The van der Waals surface area contributed by atoms with E-state index < -0.39 is 0 Å². The first-order chi connectivity index (χ1) is 12.5. The molecule has 1 amide bonds. The van der Waals surface area contributed by atoms with Crippen molar-refractivity contribution in [1.29, 1.82) is 0 Å². The molecule has 2 aromatic rings. The quantitative estimate of drug-likeness (QED) is 0.881. The number of carbonyl (C=O) groups is 1. The van der Waals surface area contributed by atoms with E-state index in [0.29, 0.717) is 18.1 Å². The van der Waals surface area contributed by atoms with E-state index in [1.807, 2.05) is 13.8 Å². The Kier molecular flexibility index (Phi) is 4.62. The van der Waals surface area contributed by atoms with Crippen LogP contribution in [0.2, 0.25) is 0 Å². The maximum atomic E-state index is 12.6. The molecule has 0 saturated carbocycles. The third kappa shape index (κ3) is 3.19. The number of thiazole rings is 1. The number of carbonyl (C=O) groups excluding carboxylic acids is 1. The normalized spacial score (nSPS) is 22.2. The molecule has 2 aromatic heterocycles. The van der Waals surface area contributed by atoms with E-state index in [1.165, 1.54) is 16.0 Å². The predicted octanol–water partition coefficient (Wildman–Crippen LogP) is 1.57. The van der Waals surface area contributed by atoms with Crippen molar-refractivity contribution in [3.63, 3.8) is 0 Å². The lowest BCUT2D eigenvalue weighted by atomic mass is 9.97. The van der Waals surface area contributed by atoms with Crippen molar-refractivity contribution in [3.05, 3.63) is 43.3 Å². The van der Waals surface area contributed by atoms with Gasteiger partial charge in [0.05, 0.1) is 35.7 Å². The lowest BCUT2D eigenvalue weighted by molar-refractivity contribution is 0.0928. The first kappa shape index (κ1) is 17.4. The van der Waals surface area contributed by atoms with Gasteiger partial charge in [-0.3, -0.25) is 9.59 Å². The van der Waals surface area contributed by atoms with Gasteiger partial charge in [0, 0.05) is 6.07 Å². The van der Waals surface area contributed by atoms with Crippen LogP contribution in [0.15, 0.2) is 10.9 Å². The molecule has 1 saturated heterocycles. The molecule has 3 heterocycles. The van der Waals surface area contributed by atoms with E-state index in [4.69, 9.17) is 4.74 Å². The van der Waals surface area contributed by atoms with Crippen LogP contribution in [0.3, 0.4) is 0 Å². The van der Waals surface area contributed by atoms with Crippen LogP contribution in [0.5, 0.6) is 0 Å². The molecule has 1 N–H and O–H groups in total. The summed E-state index contributed by atoms with van der Waals surface area (Å²) < 4.78 is 7.08. The molecule has 1 fully saturated rings. The molecule has 2 aliphatic rings. The summed E-state index contributed by atoms with van der Waals surface area (Å²) in [5.41, 5.74) is 2.67. The third-order valence-electron chi connectivity index (χ3n) is 5.02. The fourth-order valence-electron chi connectivity index (χ4n) is 3.71. The number of rotatable bonds is 3. The smallest absolute Gasteiger partial charge is 0.267 e. The Morgan fingerprint density at radius 1 is 1.31 bits per heavy atom. The lowest BCUT2D eigenvalue weighted by Crippen LogP contribution is -2.44. The largest absolute Gasteiger partial charge is 0.377 e. The van der Waals surface area contributed by atoms with Gasteiger partial charge in [-0.15, -0.1) is 11.3 Å². The van der Waals surface area contributed by atoms with Gasteiger partial charge >= 0.3 is 0 Å². The fraction of sp³-hybridized carbons (Fsp3) is 0.556. The second kappa shape index (κ2) is 6.92. The molecule has 7 nitrogen and oxygen atoms in total. The number of amides is 1. The Morgan fingerprint density at radius 2 is 2.12 bits per heavy atom. The average molecular weight is 374 g/mol. The van der Waals surface area contributed by atoms with Gasteiger partial charge < -0.3 is 10.1 Å². The Labute approximate surface area is 155 Å². The maximum absolute atomic E-state index is 12.6. The maximum Gasteiger partial charge on any atom is 0.267 e. The minimum absolute atomic E-state index is 0.120. The van der Waals surface area contributed by atoms with E-state index in [1.54, 1.807) is 6.07 Å². The molecule has 2 unspecified atom stereocenters. The van der Waals surface area contributed by atoms with Crippen molar-refractivity contribution in [1.82, 2.24) is 20.1 Å². The standard InChI is InChI=1S/C18H22N4O3S/c1-10-17(26-11(2)19-10)18(24)20-14-8-25-9-15(14)22-16(23)7-12-5-3-4-6-13(12)21-22/h7,14-15H,3-6,8-9H2,1-2H3,(H,20,24). The first-order valence-corrected chi connectivity index (χ1v) is 9.79. The first-order valence-electron chi connectivity index (χ1n) is 8.97. The van der Waals surface area contributed by atoms with Gasteiger partial charge in [0.2, 0.25) is 0 Å². The van der Waals surface area contributed by atoms with Gasteiger partial charge in [0.1, 0.15) is 10.9 Å². The number of hydrogen-bond donors (Lipinski definition) is 1. The Balaban J connectivity index is 1.58. The molecule has 0 spiro atoms. The highest BCUT2D eigenvalue weighted by Crippen LogP contribution is 2.23. The SMILES string of the molecule is Cc1nc(C)c(C(=O)NC2COCC2n2nc3c(cc2=O)CCCC3)s1. The van der Waals surface area contributed by atoms with Crippen LogP contribution in [-0.2, 0) is 17.6 Å². The van der Waals surface area contributed by atoms with Gasteiger partial charge in [-0.05, 0) is 45.1 Å². The molecule has 4 rings (SSSR count). The van der Waals surface area contributed by atoms with E-state index in [-0.39, 0.29) is 23.6 Å². The molecule has 8 heteroatoms. The summed E-state index contributed by atoms with van der Waals surface area (Å²) in [6.07, 6.45) is 4.03. The average Bonchev–Trinajstić information content (AvgIpc) is 3.20. The topological polar surface area (TPSA) is 86.1 Å². The Bertz CT molecular complexity index is 904. The van der Waals surface area contributed by atoms with E-state index >= 15 is 0 Å². The zero-order valence-electron chi connectivity index (χ0n) is 14.9. The highest BCUT2D eigenvalue weighted by molar-refractivity contribution is 7.13. The molecular weight excluding hydrogens is 352 g/mol. The van der Waals surface area contributed by atoms with Crippen LogP contribution in [0.25, 0.3) is 0 Å². The van der Waals surface area contributed by atoms with Crippen molar-refractivity contribution in [2.45, 2.75) is 51.6 Å². The van der Waals surface area contributed by atoms with E-state index in [0.717, 1.165) is 47.6 Å². The molecular formula is C18H22N4O3S. The summed E-state index contributed by atoms with van der Waals surface area (Å²) in [4.78, 5) is 30.1. The summed E-state index contributed by atoms with van der Waals surface area (Å²) in [6, 6.07) is 1.14. The van der Waals surface area contributed by atoms with Crippen LogP contribution in [-0.4, -0.2) is 39.9 Å². The van der Waals surface area contributed by atoms with Crippen LogP contribution in [0.4, 0.5) is 0 Å². The van der Waals surface area contributed by atoms with Crippen molar-refractivity contribution < 1.29 is 9.53 Å². The van der Waals surface area contributed by atoms with Crippen molar-refractivity contribution >= 4 is 17.2 Å². The number of aryl methyl sites for hydroxylation is 4. The van der Waals surface area contributed by atoms with Crippen molar-refractivity contribution in [2.24, 2.45) is 0 Å². The van der Waals surface area contributed by atoms with Gasteiger partial charge in [-0.1, -0.05) is 0 Å². The number of hydrogen-bond acceptors (Lipinski definition) is 6. The zero-order chi connectivity index (χ0) is 18.3. The molecule has 26 heavy (non-hydrogen) atoms. The molecule has 0 bridgehead atoms. The van der Waals surface area contributed by atoms with Gasteiger partial charge in [0.15, 0.2) is 0 Å². The fourth-order valence-corrected chi connectivity index (χ4v) is 4.54. The lowest BCUT2D eigenvalue weighted by Gasteiger charge is -2.22. The van der Waals surface area contributed by atoms with Crippen LogP contribution < -0.4 is 10.9 Å². The summed E-state index contributed by atoms with van der Waals surface area (Å²) in [6.45, 7) is 4.46. The number of nitrogens with zero attached hydrogens (tertiary/aromatic N) is 3. The van der Waals surface area contributed by atoms with Crippen LogP contribution >= 0.6 is 11.3 Å². The van der Waals surface area contributed by atoms with Gasteiger partial charge in [-0.2, -0.15) is 5.10 Å². The predicted molar refractivity (Wildman–Crippen MR) is 97.8 cm³/mol. The second-order valence-corrected chi connectivity index (χ2v) is 8.14. The number of aromatic nitrogens is 3. The third-order valence-corrected chi connectivity index (χ3v) is 6.09. The minimum atomic E-state index is -0.284. The van der Waals surface area contributed by atoms with E-state index in [2.05, 4.69) is 15.4 Å². The highest BCUT2D eigenvalue weighted by Gasteiger charge is 2.34. The summed E-state index contributed by atoms with van der Waals surface area (Å²) >= 11 is 1.38. The van der Waals surface area contributed by atoms with Crippen molar-refractivity contribution in [3.8, 4) is 0 Å². The summed E-state index contributed by atoms with van der Waals surface area (Å²) in [5.74, 6) is -0.167. The number of fused-ring (bicyclic) bond motifs is 1. The number of ether oxygens (including phenoxy) is 1. The van der Waals surface area contributed by atoms with Crippen molar-refractivity contribution in [2.75, 3.05) is 13.2 Å². The number of nitrogens with one attached hydrogen (secondary N) is 1. The van der Waals surface area contributed by atoms with Crippen LogP contribution in [0, 0.1) is 13.8 Å². The van der Waals surface area contributed by atoms with Gasteiger partial charge in [0.25, 0.3) is 11.5 Å². The summed E-state index contributed by atoms with van der Waals surface area (Å²) in [5, 5.41) is 8.48. The molecule has 0 aromatic carbocycles. The Morgan fingerprint density at radius 3 is 2.88 bits per heavy atom. The molecule has 138 valence electrons. The molecule has 0 radical (unpaired) electrons. The minimum Gasteiger partial charge on any atom is -0.377 e. The van der Waals surface area contributed by atoms with Gasteiger partial charge in [-0.25, -0.2) is 9.67 Å². The summed E-state index contributed by atoms with van der Waals surface area (Å²) in [7, 11) is 0. The highest BCUT2D eigenvalue weighted by atomic mass is 32.1. The molecule has 1 aliphatic carbocycles. The monoisotopic (exact) mass is 374 g/mol. The molecule has 2 atom stereocenters. The van der Waals surface area contributed by atoms with E-state index in [9.17, 15) is 9.59 Å². The second-order valence-electron chi connectivity index (χ2n) is 6.94. The van der Waals surface area contributed by atoms with Crippen LogP contribution in [0.1, 0.15) is 50.5 Å². The Hall–Kier alpha value is -2.06. The molecule has 1 aliphatic heterocycles.